The van der Waals surface area contributed by atoms with Crippen LogP contribution in [0.25, 0.3) is 5.69 Å². The van der Waals surface area contributed by atoms with Gasteiger partial charge in [0.25, 0.3) is 5.69 Å². The molecule has 0 amide bonds. The van der Waals surface area contributed by atoms with Crippen molar-refractivity contribution in [2.45, 2.75) is 0 Å². The van der Waals surface area contributed by atoms with Gasteiger partial charge < -0.3 is 5.32 Å². The number of nitrogens with zero attached hydrogens (tertiary/aromatic N) is 3. The van der Waals surface area contributed by atoms with E-state index in [9.17, 15) is 0 Å². The Bertz CT molecular complexity index is 622. The van der Waals surface area contributed by atoms with E-state index < -0.39 is 0 Å². The van der Waals surface area contributed by atoms with Gasteiger partial charge in [0.2, 0.25) is 5.27 Å². The maximum absolute atomic E-state index is 5.11. The second kappa shape index (κ2) is 4.67. The van der Waals surface area contributed by atoms with Gasteiger partial charge in [-0.05, 0) is 12.1 Å². The highest BCUT2D eigenvalue weighted by Crippen LogP contribution is 2.11. The van der Waals surface area contributed by atoms with Crippen LogP contribution in [0.1, 0.15) is 0 Å². The number of hydrogen-bond acceptors (Lipinski definition) is 4. The molecule has 0 bridgehead atoms. The molecule has 5 heteroatoms. The van der Waals surface area contributed by atoms with Crippen LogP contribution in [0.4, 0.5) is 11.7 Å². The lowest BCUT2D eigenvalue weighted by Gasteiger charge is -1.95. The molecule has 3 aromatic rings. The fourth-order valence-electron chi connectivity index (χ4n) is 1.56. The number of rotatable bonds is 3. The van der Waals surface area contributed by atoms with E-state index in [0.29, 0.717) is 6.01 Å². The first-order valence-electron chi connectivity index (χ1n) is 5.56. The third-order valence-corrected chi connectivity index (χ3v) is 2.40. The molecule has 0 saturated heterocycles. The van der Waals surface area contributed by atoms with Gasteiger partial charge in [-0.2, -0.15) is 0 Å². The van der Waals surface area contributed by atoms with Crippen LogP contribution in [0.15, 0.2) is 65.2 Å². The molecule has 1 aromatic heterocycles. The van der Waals surface area contributed by atoms with Crippen LogP contribution < -0.4 is 10.1 Å². The summed E-state index contributed by atoms with van der Waals surface area (Å²) in [7, 11) is 0. The Hall–Kier alpha value is -2.69. The fraction of sp³-hybridized carbons (Fsp3) is 0. The first-order valence-corrected chi connectivity index (χ1v) is 5.56. The van der Waals surface area contributed by atoms with Crippen LogP contribution >= 0.6 is 0 Å². The third-order valence-electron chi connectivity index (χ3n) is 2.40. The van der Waals surface area contributed by atoms with E-state index in [1.165, 1.54) is 4.80 Å². The topological polar surface area (TPSA) is 54.8 Å². The van der Waals surface area contributed by atoms with E-state index in [1.807, 2.05) is 60.7 Å². The predicted molar refractivity (Wildman–Crippen MR) is 65.6 cm³/mol. The maximum Gasteiger partial charge on any atom is 0.393 e. The molecule has 0 radical (unpaired) electrons. The third kappa shape index (κ3) is 2.20. The molecular formula is C13H11N4O+. The minimum Gasteiger partial charge on any atom is -0.303 e. The van der Waals surface area contributed by atoms with Crippen molar-refractivity contribution in [2.24, 2.45) is 0 Å². The number of anilines is 2. The Balaban J connectivity index is 1.82. The molecule has 0 saturated carbocycles. The summed E-state index contributed by atoms with van der Waals surface area (Å²) in [6, 6.07) is 19.6. The highest BCUT2D eigenvalue weighted by molar-refractivity contribution is 5.50. The van der Waals surface area contributed by atoms with Crippen molar-refractivity contribution in [1.29, 1.82) is 0 Å². The minimum atomic E-state index is 0.352. The Kier molecular flexibility index (Phi) is 2.71. The molecule has 0 spiro atoms. The van der Waals surface area contributed by atoms with E-state index in [-0.39, 0.29) is 0 Å². The molecular weight excluding hydrogens is 228 g/mol. The zero-order valence-electron chi connectivity index (χ0n) is 9.52. The average Bonchev–Trinajstić information content (AvgIpc) is 2.89. The van der Waals surface area contributed by atoms with E-state index in [1.54, 1.807) is 0 Å². The van der Waals surface area contributed by atoms with Gasteiger partial charge in [-0.15, -0.1) is 0 Å². The molecule has 0 atom stereocenters. The fourth-order valence-corrected chi connectivity index (χ4v) is 1.56. The van der Waals surface area contributed by atoms with E-state index in [2.05, 4.69) is 15.7 Å². The summed E-state index contributed by atoms with van der Waals surface area (Å²) < 4.78 is 5.11. The van der Waals surface area contributed by atoms with Crippen LogP contribution in [0.2, 0.25) is 0 Å². The van der Waals surface area contributed by atoms with Crippen molar-refractivity contribution in [3.63, 3.8) is 0 Å². The summed E-state index contributed by atoms with van der Waals surface area (Å²) >= 11 is 0. The van der Waals surface area contributed by atoms with Gasteiger partial charge in [0, 0.05) is 17.8 Å². The monoisotopic (exact) mass is 239 g/mol. The Labute approximate surface area is 104 Å². The Morgan fingerprint density at radius 2 is 1.56 bits per heavy atom. The molecule has 3 rings (SSSR count). The summed E-state index contributed by atoms with van der Waals surface area (Å²) in [5.74, 6) is 0. The van der Waals surface area contributed by atoms with Crippen molar-refractivity contribution >= 4 is 11.7 Å². The molecule has 18 heavy (non-hydrogen) atoms. The highest BCUT2D eigenvalue weighted by atomic mass is 16.5. The standard InChI is InChI=1S/C13H11N4O/c1-3-7-11(8-4-1)14-13-15-17(16-18-13)12-9-5-2-6-10-12/h1-10H,(H,14,15,16)/q+1. The first-order chi connectivity index (χ1) is 8.92. The second-order valence-electron chi connectivity index (χ2n) is 3.69. The SMILES string of the molecule is c1ccc(Nc2n[n+](-c3ccccc3)no2)cc1. The predicted octanol–water partition coefficient (Wildman–Crippen LogP) is 2.09. The van der Waals surface area contributed by atoms with Crippen molar-refractivity contribution in [3.8, 4) is 5.69 Å². The lowest BCUT2D eigenvalue weighted by molar-refractivity contribution is -0.724. The Morgan fingerprint density at radius 3 is 2.28 bits per heavy atom. The summed E-state index contributed by atoms with van der Waals surface area (Å²) in [6.07, 6.45) is 0. The van der Waals surface area contributed by atoms with Crippen LogP contribution in [-0.2, 0) is 0 Å². The molecule has 0 fully saturated rings. The number of para-hydroxylation sites is 2. The van der Waals surface area contributed by atoms with E-state index in [0.717, 1.165) is 11.4 Å². The second-order valence-corrected chi connectivity index (χ2v) is 3.69. The zero-order chi connectivity index (χ0) is 12.2. The molecule has 0 aliphatic rings. The lowest BCUT2D eigenvalue weighted by Crippen LogP contribution is -2.35. The lowest BCUT2D eigenvalue weighted by atomic mass is 10.3. The number of aromatic nitrogens is 3. The van der Waals surface area contributed by atoms with Gasteiger partial charge in [0.15, 0.2) is 0 Å². The maximum atomic E-state index is 5.11. The molecule has 1 heterocycles. The summed E-state index contributed by atoms with van der Waals surface area (Å²) in [5.41, 5.74) is 1.75. The van der Waals surface area contributed by atoms with E-state index in [4.69, 9.17) is 4.52 Å². The van der Waals surface area contributed by atoms with Crippen LogP contribution in [0.5, 0.6) is 0 Å². The summed E-state index contributed by atoms with van der Waals surface area (Å²) in [4.78, 5) is 1.44. The molecule has 1 N–H and O–H groups in total. The molecule has 0 unspecified atom stereocenters. The number of hydrogen-bond donors (Lipinski definition) is 1. The van der Waals surface area contributed by atoms with Gasteiger partial charge in [-0.1, -0.05) is 36.4 Å². The van der Waals surface area contributed by atoms with Crippen LogP contribution in [0.3, 0.4) is 0 Å². The van der Waals surface area contributed by atoms with Gasteiger partial charge in [-0.3, -0.25) is 4.52 Å². The Morgan fingerprint density at radius 1 is 0.889 bits per heavy atom. The first kappa shape index (κ1) is 10.5. The molecule has 0 aliphatic carbocycles. The van der Waals surface area contributed by atoms with Crippen LogP contribution in [-0.4, -0.2) is 10.4 Å². The van der Waals surface area contributed by atoms with Gasteiger partial charge in [0.1, 0.15) is 4.80 Å². The molecule has 0 aliphatic heterocycles. The normalized spacial score (nSPS) is 10.2. The van der Waals surface area contributed by atoms with E-state index >= 15 is 0 Å². The van der Waals surface area contributed by atoms with Crippen LogP contribution in [0, 0.1) is 0 Å². The number of benzene rings is 2. The highest BCUT2D eigenvalue weighted by Gasteiger charge is 2.16. The number of nitrogens with one attached hydrogen (secondary N) is 1. The largest absolute Gasteiger partial charge is 0.393 e. The van der Waals surface area contributed by atoms with Crippen molar-refractivity contribution in [2.75, 3.05) is 5.32 Å². The summed E-state index contributed by atoms with van der Waals surface area (Å²) in [5, 5.41) is 11.1. The molecule has 88 valence electrons. The van der Waals surface area contributed by atoms with Crippen molar-refractivity contribution in [1.82, 2.24) is 10.4 Å². The van der Waals surface area contributed by atoms with Gasteiger partial charge >= 0.3 is 6.01 Å². The summed E-state index contributed by atoms with van der Waals surface area (Å²) in [6.45, 7) is 0. The minimum absolute atomic E-state index is 0.352. The molecule has 5 nitrogen and oxygen atoms in total. The van der Waals surface area contributed by atoms with Gasteiger partial charge in [0.05, 0.1) is 5.10 Å². The van der Waals surface area contributed by atoms with Crippen molar-refractivity contribution < 1.29 is 9.32 Å². The van der Waals surface area contributed by atoms with Crippen molar-refractivity contribution in [3.05, 3.63) is 60.7 Å². The quantitative estimate of drug-likeness (QED) is 0.711. The van der Waals surface area contributed by atoms with Gasteiger partial charge in [-0.25, -0.2) is 0 Å². The smallest absolute Gasteiger partial charge is 0.303 e. The average molecular weight is 239 g/mol. The zero-order valence-corrected chi connectivity index (χ0v) is 9.52. The molecule has 2 aromatic carbocycles.